The predicted octanol–water partition coefficient (Wildman–Crippen LogP) is 2.37. The van der Waals surface area contributed by atoms with Gasteiger partial charge >= 0.3 is 0 Å². The highest BCUT2D eigenvalue weighted by Gasteiger charge is 2.52. The van der Waals surface area contributed by atoms with E-state index in [9.17, 15) is 14.7 Å². The van der Waals surface area contributed by atoms with Crippen molar-refractivity contribution in [3.63, 3.8) is 0 Å². The second kappa shape index (κ2) is 5.15. The predicted molar refractivity (Wildman–Crippen MR) is 66.7 cm³/mol. The van der Waals surface area contributed by atoms with Crippen molar-refractivity contribution in [1.29, 1.82) is 0 Å². The van der Waals surface area contributed by atoms with Crippen molar-refractivity contribution < 1.29 is 14.7 Å². The van der Waals surface area contributed by atoms with Gasteiger partial charge in [-0.2, -0.15) is 0 Å². The van der Waals surface area contributed by atoms with Crippen LogP contribution in [0.25, 0.3) is 0 Å². The molecule has 0 fully saturated rings. The van der Waals surface area contributed by atoms with E-state index in [-0.39, 0.29) is 25.0 Å². The Morgan fingerprint density at radius 2 is 2.29 bits per heavy atom. The molecule has 0 unspecified atom stereocenters. The van der Waals surface area contributed by atoms with Gasteiger partial charge in [0.2, 0.25) is 0 Å². The Balaban J connectivity index is 3.21. The number of hydrogen-bond donors (Lipinski definition) is 1. The van der Waals surface area contributed by atoms with Gasteiger partial charge in [-0.1, -0.05) is 37.6 Å². The fraction of sp³-hybridized carbons (Fsp3) is 0.538. The molecule has 0 aromatic rings. The summed E-state index contributed by atoms with van der Waals surface area (Å²) in [5.41, 5.74) is -2.83. The monoisotopic (exact) mass is 256 g/mol. The molecule has 4 heteroatoms. The summed E-state index contributed by atoms with van der Waals surface area (Å²) in [5.74, 6) is -0.317. The van der Waals surface area contributed by atoms with Crippen LogP contribution >= 0.6 is 11.6 Å². The normalized spacial score (nSPS) is 27.2. The number of allylic oxidation sites excluding steroid dienone is 3. The lowest BCUT2D eigenvalue weighted by Gasteiger charge is -2.40. The summed E-state index contributed by atoms with van der Waals surface area (Å²) in [6.07, 6.45) is 6.06. The number of carbonyl (C=O) groups is 2. The van der Waals surface area contributed by atoms with Gasteiger partial charge in [-0.05, 0) is 18.9 Å². The van der Waals surface area contributed by atoms with E-state index < -0.39 is 11.0 Å². The fourth-order valence-electron chi connectivity index (χ4n) is 2.20. The minimum atomic E-state index is -1.64. The Hall–Kier alpha value is -0.930. The van der Waals surface area contributed by atoms with E-state index in [4.69, 9.17) is 11.6 Å². The topological polar surface area (TPSA) is 54.4 Å². The summed E-state index contributed by atoms with van der Waals surface area (Å²) < 4.78 is 0. The van der Waals surface area contributed by atoms with Gasteiger partial charge in [-0.15, -0.1) is 0 Å². The molecule has 1 N–H and O–H groups in total. The van der Waals surface area contributed by atoms with Crippen molar-refractivity contribution in [3.8, 4) is 0 Å². The van der Waals surface area contributed by atoms with Gasteiger partial charge in [0.1, 0.15) is 11.9 Å². The van der Waals surface area contributed by atoms with Crippen LogP contribution in [0.3, 0.4) is 0 Å². The molecular weight excluding hydrogens is 240 g/mol. The molecule has 0 bridgehead atoms. The second-order valence-electron chi connectivity index (χ2n) is 4.28. The maximum atomic E-state index is 11.9. The van der Waals surface area contributed by atoms with E-state index in [1.165, 1.54) is 0 Å². The van der Waals surface area contributed by atoms with Crippen LogP contribution in [-0.2, 0) is 9.59 Å². The third-order valence-corrected chi connectivity index (χ3v) is 3.73. The van der Waals surface area contributed by atoms with Crippen molar-refractivity contribution in [3.05, 3.63) is 23.3 Å². The first-order chi connectivity index (χ1) is 7.95. The smallest absolute Gasteiger partial charge is 0.165 e. The zero-order valence-corrected chi connectivity index (χ0v) is 10.8. The summed E-state index contributed by atoms with van der Waals surface area (Å²) in [6, 6.07) is 0. The molecule has 0 aromatic heterocycles. The molecule has 0 heterocycles. The summed E-state index contributed by atoms with van der Waals surface area (Å²) in [7, 11) is 0. The quantitative estimate of drug-likeness (QED) is 0.769. The van der Waals surface area contributed by atoms with Crippen LogP contribution < -0.4 is 0 Å². The Bertz CT molecular complexity index is 386. The van der Waals surface area contributed by atoms with E-state index in [0.717, 1.165) is 0 Å². The standard InChI is InChI=1S/C13H17ClO3/c1-3-11(16)13(17,4-2)12(9-15)7-5-10(14)6-8-12/h5-7,9,17H,3-4,8H2,1-2H3/t12-,13-/m0/s1. The molecule has 2 atom stereocenters. The third-order valence-electron chi connectivity index (χ3n) is 3.45. The molecule has 3 nitrogen and oxygen atoms in total. The Morgan fingerprint density at radius 1 is 1.65 bits per heavy atom. The highest BCUT2D eigenvalue weighted by atomic mass is 35.5. The van der Waals surface area contributed by atoms with E-state index in [0.29, 0.717) is 11.3 Å². The summed E-state index contributed by atoms with van der Waals surface area (Å²) in [5, 5.41) is 11.1. The van der Waals surface area contributed by atoms with Gasteiger partial charge in [-0.3, -0.25) is 4.79 Å². The summed E-state index contributed by atoms with van der Waals surface area (Å²) in [4.78, 5) is 23.3. The number of Topliss-reactive ketones (excluding diaryl/α,β-unsaturated/α-hetero) is 1. The number of hydrogen-bond acceptors (Lipinski definition) is 3. The zero-order chi connectivity index (χ0) is 13.1. The van der Waals surface area contributed by atoms with E-state index in [1.54, 1.807) is 32.1 Å². The first-order valence-electron chi connectivity index (χ1n) is 5.72. The van der Waals surface area contributed by atoms with Crippen molar-refractivity contribution >= 4 is 23.7 Å². The van der Waals surface area contributed by atoms with E-state index >= 15 is 0 Å². The Labute approximate surface area is 106 Å². The van der Waals surface area contributed by atoms with Crippen LogP contribution in [0.1, 0.15) is 33.1 Å². The van der Waals surface area contributed by atoms with Crippen LogP contribution in [0.15, 0.2) is 23.3 Å². The first kappa shape index (κ1) is 14.1. The van der Waals surface area contributed by atoms with E-state index in [2.05, 4.69) is 0 Å². The third kappa shape index (κ3) is 2.22. The van der Waals surface area contributed by atoms with Gasteiger partial charge in [0.15, 0.2) is 5.78 Å². The van der Waals surface area contributed by atoms with Crippen LogP contribution in [0.5, 0.6) is 0 Å². The van der Waals surface area contributed by atoms with E-state index in [1.807, 2.05) is 0 Å². The average molecular weight is 257 g/mol. The molecule has 1 rings (SSSR count). The van der Waals surface area contributed by atoms with Crippen LogP contribution in [0.4, 0.5) is 0 Å². The number of aliphatic hydroxyl groups is 1. The van der Waals surface area contributed by atoms with Gasteiger partial charge in [0, 0.05) is 11.5 Å². The number of ketones is 1. The minimum absolute atomic E-state index is 0.200. The molecule has 1 aliphatic rings. The maximum absolute atomic E-state index is 11.9. The van der Waals surface area contributed by atoms with Crippen molar-refractivity contribution in [1.82, 2.24) is 0 Å². The Kier molecular flexibility index (Phi) is 4.28. The average Bonchev–Trinajstić information content (AvgIpc) is 2.38. The molecule has 94 valence electrons. The highest BCUT2D eigenvalue weighted by molar-refractivity contribution is 6.31. The van der Waals surface area contributed by atoms with Gasteiger partial charge in [0.05, 0.1) is 5.41 Å². The van der Waals surface area contributed by atoms with Crippen LogP contribution in [0.2, 0.25) is 0 Å². The van der Waals surface area contributed by atoms with Gasteiger partial charge < -0.3 is 9.90 Å². The largest absolute Gasteiger partial charge is 0.381 e. The SMILES string of the molecule is CCC(=O)[C@@](O)(CC)[C@@]1(C=O)C=CC(Cl)=CC1. The molecule has 0 saturated carbocycles. The molecule has 0 saturated heterocycles. The number of aldehydes is 1. The zero-order valence-electron chi connectivity index (χ0n) is 10.1. The van der Waals surface area contributed by atoms with Crippen LogP contribution in [0, 0.1) is 5.41 Å². The summed E-state index contributed by atoms with van der Waals surface area (Å²) >= 11 is 5.80. The number of carbonyl (C=O) groups excluding carboxylic acids is 2. The first-order valence-corrected chi connectivity index (χ1v) is 6.10. The number of rotatable bonds is 5. The lowest BCUT2D eigenvalue weighted by atomic mass is 9.65. The lowest BCUT2D eigenvalue weighted by molar-refractivity contribution is -0.154. The van der Waals surface area contributed by atoms with Crippen molar-refractivity contribution in [2.45, 2.75) is 38.7 Å². The molecule has 0 aliphatic heterocycles. The molecule has 1 aliphatic carbocycles. The van der Waals surface area contributed by atoms with Crippen molar-refractivity contribution in [2.24, 2.45) is 5.41 Å². The molecule has 0 spiro atoms. The molecular formula is C13H17ClO3. The van der Waals surface area contributed by atoms with Gasteiger partial charge in [-0.25, -0.2) is 0 Å². The maximum Gasteiger partial charge on any atom is 0.165 e. The fourth-order valence-corrected chi connectivity index (χ4v) is 2.34. The summed E-state index contributed by atoms with van der Waals surface area (Å²) in [6.45, 7) is 3.38. The number of halogens is 1. The molecule has 17 heavy (non-hydrogen) atoms. The molecule has 0 amide bonds. The van der Waals surface area contributed by atoms with Crippen LogP contribution in [-0.4, -0.2) is 22.8 Å². The van der Waals surface area contributed by atoms with Crippen molar-refractivity contribution in [2.75, 3.05) is 0 Å². The molecule has 0 radical (unpaired) electrons. The molecule has 0 aromatic carbocycles. The Morgan fingerprint density at radius 3 is 2.65 bits per heavy atom. The minimum Gasteiger partial charge on any atom is -0.381 e. The second-order valence-corrected chi connectivity index (χ2v) is 4.71. The van der Waals surface area contributed by atoms with Gasteiger partial charge in [0.25, 0.3) is 0 Å². The lowest BCUT2D eigenvalue weighted by Crippen LogP contribution is -2.54. The highest BCUT2D eigenvalue weighted by Crippen LogP contribution is 2.42.